The van der Waals surface area contributed by atoms with Gasteiger partial charge in [0.2, 0.25) is 0 Å². The van der Waals surface area contributed by atoms with Crippen LogP contribution in [0.5, 0.6) is 0 Å². The summed E-state index contributed by atoms with van der Waals surface area (Å²) in [6, 6.07) is 20.7. The topological polar surface area (TPSA) is 55.2 Å². The standard InChI is InChI=1S/C27H25Cl2N3O2/c1-17(2)16-31(26(33)21-11-4-6-13-23(21)29)18(3)25-30-24-14-7-5-12-22(24)27(34)32(25)20-10-8-9-19(28)15-20/h4-15,17-18H,16H2,1-3H3. The van der Waals surface area contributed by atoms with Gasteiger partial charge in [-0.1, -0.05) is 67.4 Å². The molecule has 0 bridgehead atoms. The van der Waals surface area contributed by atoms with Crippen LogP contribution in [-0.4, -0.2) is 26.9 Å². The Morgan fingerprint density at radius 2 is 1.68 bits per heavy atom. The molecule has 0 aliphatic rings. The zero-order valence-electron chi connectivity index (χ0n) is 19.2. The molecule has 0 saturated heterocycles. The molecule has 0 spiro atoms. The van der Waals surface area contributed by atoms with E-state index in [4.69, 9.17) is 28.2 Å². The van der Waals surface area contributed by atoms with Crippen molar-refractivity contribution in [1.82, 2.24) is 14.5 Å². The molecule has 5 nitrogen and oxygen atoms in total. The Hall–Kier alpha value is -3.15. The third-order valence-corrected chi connectivity index (χ3v) is 6.20. The number of nitrogens with zero attached hydrogens (tertiary/aromatic N) is 3. The predicted molar refractivity (Wildman–Crippen MR) is 138 cm³/mol. The number of aromatic nitrogens is 2. The van der Waals surface area contributed by atoms with E-state index in [9.17, 15) is 9.59 Å². The van der Waals surface area contributed by atoms with E-state index in [1.165, 1.54) is 0 Å². The van der Waals surface area contributed by atoms with Crippen molar-refractivity contribution in [3.8, 4) is 5.69 Å². The highest BCUT2D eigenvalue weighted by Crippen LogP contribution is 2.28. The van der Waals surface area contributed by atoms with Crippen molar-refractivity contribution in [3.05, 3.63) is 105 Å². The monoisotopic (exact) mass is 493 g/mol. The average Bonchev–Trinajstić information content (AvgIpc) is 2.82. The summed E-state index contributed by atoms with van der Waals surface area (Å²) in [5, 5.41) is 1.38. The van der Waals surface area contributed by atoms with Crippen LogP contribution in [0.15, 0.2) is 77.6 Å². The summed E-state index contributed by atoms with van der Waals surface area (Å²) in [6.45, 7) is 6.42. The van der Waals surface area contributed by atoms with Crippen LogP contribution in [0.25, 0.3) is 16.6 Å². The molecule has 0 fully saturated rings. The zero-order chi connectivity index (χ0) is 24.4. The van der Waals surface area contributed by atoms with Crippen LogP contribution in [0.2, 0.25) is 10.0 Å². The third kappa shape index (κ3) is 4.72. The smallest absolute Gasteiger partial charge is 0.266 e. The fraction of sp³-hybridized carbons (Fsp3) is 0.222. The molecule has 0 radical (unpaired) electrons. The normalized spacial score (nSPS) is 12.2. The first kappa shape index (κ1) is 24.0. The van der Waals surface area contributed by atoms with Crippen molar-refractivity contribution < 1.29 is 4.79 Å². The third-order valence-electron chi connectivity index (χ3n) is 5.64. The van der Waals surface area contributed by atoms with Gasteiger partial charge in [-0.05, 0) is 55.3 Å². The van der Waals surface area contributed by atoms with Gasteiger partial charge >= 0.3 is 0 Å². The number of carbonyl (C=O) groups is 1. The Morgan fingerprint density at radius 3 is 2.38 bits per heavy atom. The molecule has 0 N–H and O–H groups in total. The van der Waals surface area contributed by atoms with Gasteiger partial charge in [-0.25, -0.2) is 4.98 Å². The van der Waals surface area contributed by atoms with E-state index in [0.717, 1.165) is 0 Å². The highest BCUT2D eigenvalue weighted by molar-refractivity contribution is 6.33. The van der Waals surface area contributed by atoms with Crippen molar-refractivity contribution in [2.45, 2.75) is 26.8 Å². The maximum Gasteiger partial charge on any atom is 0.266 e. The molecule has 4 aromatic rings. The minimum absolute atomic E-state index is 0.181. The second-order valence-corrected chi connectivity index (χ2v) is 9.46. The molecule has 1 heterocycles. The summed E-state index contributed by atoms with van der Waals surface area (Å²) in [4.78, 5) is 33.9. The van der Waals surface area contributed by atoms with Gasteiger partial charge in [-0.15, -0.1) is 0 Å². The quantitative estimate of drug-likeness (QED) is 0.305. The summed E-state index contributed by atoms with van der Waals surface area (Å²) in [6.07, 6.45) is 0. The van der Waals surface area contributed by atoms with Crippen LogP contribution in [-0.2, 0) is 0 Å². The van der Waals surface area contributed by atoms with Gasteiger partial charge in [0.05, 0.1) is 33.2 Å². The molecule has 1 atom stereocenters. The SMILES string of the molecule is CC(C)CN(C(=O)c1ccccc1Cl)C(C)c1nc2ccccc2c(=O)n1-c1cccc(Cl)c1. The van der Waals surface area contributed by atoms with Crippen LogP contribution in [0.4, 0.5) is 0 Å². The molecular formula is C27H25Cl2N3O2. The van der Waals surface area contributed by atoms with E-state index in [1.807, 2.05) is 39.0 Å². The summed E-state index contributed by atoms with van der Waals surface area (Å²) in [5.74, 6) is 0.416. The molecule has 1 aromatic heterocycles. The second kappa shape index (κ2) is 10.00. The van der Waals surface area contributed by atoms with E-state index < -0.39 is 6.04 Å². The molecule has 0 saturated carbocycles. The summed E-state index contributed by atoms with van der Waals surface area (Å²) < 4.78 is 1.55. The Kier molecular flexibility index (Phi) is 7.05. The van der Waals surface area contributed by atoms with Crippen molar-refractivity contribution in [3.63, 3.8) is 0 Å². The molecule has 34 heavy (non-hydrogen) atoms. The number of fused-ring (bicyclic) bond motifs is 1. The number of benzene rings is 3. The average molecular weight is 494 g/mol. The number of carbonyl (C=O) groups excluding carboxylic acids is 1. The van der Waals surface area contributed by atoms with Crippen molar-refractivity contribution in [1.29, 1.82) is 0 Å². The molecule has 0 aliphatic carbocycles. The van der Waals surface area contributed by atoms with Crippen molar-refractivity contribution in [2.75, 3.05) is 6.54 Å². The van der Waals surface area contributed by atoms with E-state index in [-0.39, 0.29) is 17.4 Å². The molecule has 7 heteroatoms. The lowest BCUT2D eigenvalue weighted by Crippen LogP contribution is -2.39. The summed E-state index contributed by atoms with van der Waals surface area (Å²) in [5.41, 5.74) is 1.35. The Morgan fingerprint density at radius 1 is 0.971 bits per heavy atom. The first-order valence-electron chi connectivity index (χ1n) is 11.1. The second-order valence-electron chi connectivity index (χ2n) is 8.61. The van der Waals surface area contributed by atoms with Gasteiger partial charge in [0.25, 0.3) is 11.5 Å². The fourth-order valence-corrected chi connectivity index (χ4v) is 4.44. The van der Waals surface area contributed by atoms with Gasteiger partial charge in [-0.2, -0.15) is 0 Å². The van der Waals surface area contributed by atoms with Gasteiger partial charge in [0.1, 0.15) is 5.82 Å². The molecule has 1 amide bonds. The summed E-state index contributed by atoms with van der Waals surface area (Å²) in [7, 11) is 0. The number of amides is 1. The lowest BCUT2D eigenvalue weighted by atomic mass is 10.1. The predicted octanol–water partition coefficient (Wildman–Crippen LogP) is 6.55. The summed E-state index contributed by atoms with van der Waals surface area (Å²) >= 11 is 12.6. The first-order valence-corrected chi connectivity index (χ1v) is 11.9. The largest absolute Gasteiger partial charge is 0.328 e. The molecule has 1 unspecified atom stereocenters. The van der Waals surface area contributed by atoms with Crippen LogP contribution < -0.4 is 5.56 Å². The van der Waals surface area contributed by atoms with Crippen LogP contribution in [0.1, 0.15) is 43.0 Å². The Bertz CT molecular complexity index is 1410. The molecular weight excluding hydrogens is 469 g/mol. The number of hydrogen-bond donors (Lipinski definition) is 0. The molecule has 174 valence electrons. The van der Waals surface area contributed by atoms with Crippen LogP contribution in [0.3, 0.4) is 0 Å². The zero-order valence-corrected chi connectivity index (χ0v) is 20.7. The lowest BCUT2D eigenvalue weighted by Gasteiger charge is -2.32. The van der Waals surface area contributed by atoms with Gasteiger partial charge < -0.3 is 4.90 Å². The minimum Gasteiger partial charge on any atom is -0.328 e. The molecule has 3 aromatic carbocycles. The van der Waals surface area contributed by atoms with Gasteiger partial charge in [0, 0.05) is 11.6 Å². The Balaban J connectivity index is 1.94. The lowest BCUT2D eigenvalue weighted by molar-refractivity contribution is 0.0655. The first-order chi connectivity index (χ1) is 16.3. The Labute approximate surface area is 208 Å². The maximum absolute atomic E-state index is 13.7. The van der Waals surface area contributed by atoms with E-state index in [2.05, 4.69) is 0 Å². The van der Waals surface area contributed by atoms with E-state index >= 15 is 0 Å². The molecule has 4 rings (SSSR count). The van der Waals surface area contributed by atoms with Crippen LogP contribution >= 0.6 is 23.2 Å². The maximum atomic E-state index is 13.7. The van der Waals surface area contributed by atoms with E-state index in [1.54, 1.807) is 64.1 Å². The highest BCUT2D eigenvalue weighted by atomic mass is 35.5. The van der Waals surface area contributed by atoms with Gasteiger partial charge in [-0.3, -0.25) is 14.2 Å². The number of hydrogen-bond acceptors (Lipinski definition) is 3. The van der Waals surface area contributed by atoms with Crippen molar-refractivity contribution >= 4 is 40.0 Å². The van der Waals surface area contributed by atoms with E-state index in [0.29, 0.717) is 44.6 Å². The number of halogens is 2. The number of para-hydroxylation sites is 1. The fourth-order valence-electron chi connectivity index (χ4n) is 4.03. The van der Waals surface area contributed by atoms with Crippen LogP contribution in [0, 0.1) is 5.92 Å². The van der Waals surface area contributed by atoms with Gasteiger partial charge in [0.15, 0.2) is 0 Å². The molecule has 0 aliphatic heterocycles. The minimum atomic E-state index is -0.525. The number of rotatable bonds is 6. The highest BCUT2D eigenvalue weighted by Gasteiger charge is 2.29. The van der Waals surface area contributed by atoms with Crippen molar-refractivity contribution in [2.24, 2.45) is 5.92 Å².